The zero-order valence-electron chi connectivity index (χ0n) is 12.5. The Morgan fingerprint density at radius 2 is 2.12 bits per heavy atom. The average molecular weight is 413 g/mol. The van der Waals surface area contributed by atoms with Gasteiger partial charge in [-0.05, 0) is 53.2 Å². The number of aromatic nitrogens is 1. The molecule has 0 spiro atoms. The first-order valence-electron chi connectivity index (χ1n) is 6.96. The van der Waals surface area contributed by atoms with Crippen molar-refractivity contribution >= 4 is 48.8 Å². The lowest BCUT2D eigenvalue weighted by Crippen LogP contribution is -2.19. The summed E-state index contributed by atoms with van der Waals surface area (Å²) in [6.07, 6.45) is 2.85. The van der Waals surface area contributed by atoms with Crippen molar-refractivity contribution in [2.75, 3.05) is 11.3 Å². The number of ether oxygens (including phenoxy) is 1. The number of furan rings is 1. The number of halogens is 1. The molecule has 0 saturated carbocycles. The van der Waals surface area contributed by atoms with Gasteiger partial charge in [0.15, 0.2) is 0 Å². The Balaban J connectivity index is 1.89. The fourth-order valence-corrected chi connectivity index (χ4v) is 3.59. The molecule has 2 aromatic heterocycles. The number of nitrogens with one attached hydrogen (secondary N) is 1. The van der Waals surface area contributed by atoms with Gasteiger partial charge in [-0.15, -0.1) is 0 Å². The van der Waals surface area contributed by atoms with Gasteiger partial charge in [0.25, 0.3) is 0 Å². The number of esters is 1. The molecule has 0 aliphatic carbocycles. The van der Waals surface area contributed by atoms with E-state index in [4.69, 9.17) is 9.15 Å². The zero-order valence-corrected chi connectivity index (χ0v) is 14.9. The van der Waals surface area contributed by atoms with E-state index in [9.17, 15) is 13.2 Å². The molecule has 2 heterocycles. The fourth-order valence-electron chi connectivity index (χ4n) is 2.11. The van der Waals surface area contributed by atoms with E-state index in [1.165, 1.54) is 18.5 Å². The summed E-state index contributed by atoms with van der Waals surface area (Å²) in [4.78, 5) is 11.7. The predicted octanol–water partition coefficient (Wildman–Crippen LogP) is 3.38. The van der Waals surface area contributed by atoms with Crippen molar-refractivity contribution in [2.45, 2.75) is 6.92 Å². The molecule has 0 radical (unpaired) electrons. The molecule has 0 fully saturated rings. The van der Waals surface area contributed by atoms with Crippen LogP contribution < -0.4 is 4.72 Å². The zero-order chi connectivity index (χ0) is 17.3. The Morgan fingerprint density at radius 1 is 1.33 bits per heavy atom. The highest BCUT2D eigenvalue weighted by Crippen LogP contribution is 2.24. The van der Waals surface area contributed by atoms with Gasteiger partial charge >= 0.3 is 16.2 Å². The number of carbonyl (C=O) groups is 1. The number of fused-ring (bicyclic) bond motifs is 1. The lowest BCUT2D eigenvalue weighted by molar-refractivity contribution is 0.0492. The average Bonchev–Trinajstić information content (AvgIpc) is 3.13. The van der Waals surface area contributed by atoms with Crippen LogP contribution in [0.3, 0.4) is 0 Å². The lowest BCUT2D eigenvalue weighted by atomic mass is 10.2. The highest BCUT2D eigenvalue weighted by Gasteiger charge is 2.16. The van der Waals surface area contributed by atoms with Gasteiger partial charge in [0.1, 0.15) is 5.58 Å². The summed E-state index contributed by atoms with van der Waals surface area (Å²) >= 11 is 3.20. The van der Waals surface area contributed by atoms with Crippen molar-refractivity contribution in [2.24, 2.45) is 0 Å². The maximum Gasteiger partial charge on any atom is 0.374 e. The van der Waals surface area contributed by atoms with Crippen LogP contribution in [0.1, 0.15) is 17.5 Å². The van der Waals surface area contributed by atoms with E-state index >= 15 is 0 Å². The van der Waals surface area contributed by atoms with Crippen LogP contribution >= 0.6 is 15.9 Å². The van der Waals surface area contributed by atoms with Crippen LogP contribution in [0.4, 0.5) is 5.69 Å². The molecule has 0 atom stereocenters. The van der Waals surface area contributed by atoms with Crippen molar-refractivity contribution in [3.05, 3.63) is 53.0 Å². The smallest absolute Gasteiger partial charge is 0.374 e. The number of rotatable bonds is 5. The minimum Gasteiger partial charge on any atom is -0.460 e. The Kier molecular flexibility index (Phi) is 4.37. The SMILES string of the molecule is CCOC(=O)c1cc2cc(NS(=O)(=O)n3ccc(Br)c3)ccc2o1. The van der Waals surface area contributed by atoms with Gasteiger partial charge in [0.2, 0.25) is 5.76 Å². The number of carbonyl (C=O) groups excluding carboxylic acids is 1. The van der Waals surface area contributed by atoms with Gasteiger partial charge in [0, 0.05) is 22.3 Å². The number of hydrogen-bond acceptors (Lipinski definition) is 5. The molecule has 1 N–H and O–H groups in total. The molecule has 0 saturated heterocycles. The topological polar surface area (TPSA) is 90.5 Å². The fraction of sp³-hybridized carbons (Fsp3) is 0.133. The highest BCUT2D eigenvalue weighted by molar-refractivity contribution is 9.10. The largest absolute Gasteiger partial charge is 0.460 e. The van der Waals surface area contributed by atoms with Gasteiger partial charge in [-0.25, -0.2) is 8.77 Å². The molecule has 126 valence electrons. The van der Waals surface area contributed by atoms with E-state index in [-0.39, 0.29) is 12.4 Å². The molecule has 24 heavy (non-hydrogen) atoms. The number of nitrogens with zero attached hydrogens (tertiary/aromatic N) is 1. The number of hydrogen-bond donors (Lipinski definition) is 1. The van der Waals surface area contributed by atoms with E-state index in [1.54, 1.807) is 31.2 Å². The molecule has 0 aliphatic heterocycles. The van der Waals surface area contributed by atoms with Gasteiger partial charge in [0.05, 0.1) is 12.3 Å². The minimum absolute atomic E-state index is 0.0706. The maximum atomic E-state index is 12.3. The van der Waals surface area contributed by atoms with Gasteiger partial charge in [-0.3, -0.25) is 4.72 Å². The molecule has 0 aliphatic rings. The third kappa shape index (κ3) is 3.31. The molecule has 3 aromatic rings. The van der Waals surface area contributed by atoms with Crippen molar-refractivity contribution in [1.82, 2.24) is 3.97 Å². The summed E-state index contributed by atoms with van der Waals surface area (Å²) in [5.74, 6) is -0.491. The summed E-state index contributed by atoms with van der Waals surface area (Å²) < 4.78 is 39.0. The molecule has 0 bridgehead atoms. The summed E-state index contributed by atoms with van der Waals surface area (Å²) in [7, 11) is -3.76. The molecule has 0 amide bonds. The quantitative estimate of drug-likeness (QED) is 0.648. The van der Waals surface area contributed by atoms with Crippen molar-refractivity contribution in [3.8, 4) is 0 Å². The Labute approximate surface area is 146 Å². The molecule has 0 unspecified atom stereocenters. The van der Waals surface area contributed by atoms with Crippen LogP contribution in [-0.4, -0.2) is 25.0 Å². The summed E-state index contributed by atoms with van der Waals surface area (Å²) in [6.45, 7) is 1.94. The second-order valence-corrected chi connectivity index (χ2v) is 7.34. The van der Waals surface area contributed by atoms with E-state index in [1.807, 2.05) is 0 Å². The first-order valence-corrected chi connectivity index (χ1v) is 9.20. The molecule has 1 aromatic carbocycles. The van der Waals surface area contributed by atoms with Crippen LogP contribution in [0.2, 0.25) is 0 Å². The van der Waals surface area contributed by atoms with Crippen molar-refractivity contribution in [3.63, 3.8) is 0 Å². The number of benzene rings is 1. The summed E-state index contributed by atoms with van der Waals surface area (Å²) in [6, 6.07) is 7.84. The molecular weight excluding hydrogens is 400 g/mol. The molecule has 3 rings (SSSR count). The van der Waals surface area contributed by atoms with Crippen LogP contribution in [0.15, 0.2) is 51.6 Å². The Bertz CT molecular complexity index is 1010. The van der Waals surface area contributed by atoms with Crippen molar-refractivity contribution < 1.29 is 22.4 Å². The maximum absolute atomic E-state index is 12.3. The second kappa shape index (κ2) is 6.33. The first-order chi connectivity index (χ1) is 11.4. The first kappa shape index (κ1) is 16.6. The van der Waals surface area contributed by atoms with E-state index in [0.29, 0.717) is 21.1 Å². The summed E-state index contributed by atoms with van der Waals surface area (Å²) in [5.41, 5.74) is 0.813. The van der Waals surface area contributed by atoms with E-state index in [2.05, 4.69) is 20.7 Å². The molecule has 9 heteroatoms. The Hall–Kier alpha value is -2.26. The third-order valence-corrected chi connectivity index (χ3v) is 4.89. The predicted molar refractivity (Wildman–Crippen MR) is 92.2 cm³/mol. The monoisotopic (exact) mass is 412 g/mol. The Morgan fingerprint density at radius 3 is 2.79 bits per heavy atom. The molecular formula is C15H13BrN2O5S. The van der Waals surface area contributed by atoms with E-state index in [0.717, 1.165) is 3.97 Å². The third-order valence-electron chi connectivity index (χ3n) is 3.15. The van der Waals surface area contributed by atoms with E-state index < -0.39 is 16.2 Å². The van der Waals surface area contributed by atoms with Crippen LogP contribution in [0.25, 0.3) is 11.0 Å². The van der Waals surface area contributed by atoms with Gasteiger partial charge in [-0.1, -0.05) is 0 Å². The van der Waals surface area contributed by atoms with Crippen LogP contribution in [0, 0.1) is 0 Å². The van der Waals surface area contributed by atoms with Crippen molar-refractivity contribution in [1.29, 1.82) is 0 Å². The van der Waals surface area contributed by atoms with Crippen LogP contribution in [-0.2, 0) is 14.9 Å². The lowest BCUT2D eigenvalue weighted by Gasteiger charge is -2.08. The van der Waals surface area contributed by atoms with Gasteiger partial charge in [-0.2, -0.15) is 8.42 Å². The summed E-state index contributed by atoms with van der Waals surface area (Å²) in [5, 5.41) is 0.590. The highest BCUT2D eigenvalue weighted by atomic mass is 79.9. The standard InChI is InChI=1S/C15H13BrN2O5S/c1-2-22-15(19)14-8-10-7-12(3-4-13(10)23-14)17-24(20,21)18-6-5-11(16)9-18/h3-9,17H,2H2,1H3. The second-order valence-electron chi connectivity index (χ2n) is 4.85. The van der Waals surface area contributed by atoms with Gasteiger partial charge < -0.3 is 9.15 Å². The molecule has 7 nitrogen and oxygen atoms in total. The van der Waals surface area contributed by atoms with Crippen LogP contribution in [0.5, 0.6) is 0 Å². The number of anilines is 1. The normalized spacial score (nSPS) is 11.6. The minimum atomic E-state index is -3.76.